The van der Waals surface area contributed by atoms with Crippen molar-refractivity contribution in [2.75, 3.05) is 13.1 Å². The quantitative estimate of drug-likeness (QED) is 0.377. The first-order valence-corrected chi connectivity index (χ1v) is 2.51. The predicted octanol–water partition coefficient (Wildman–Crippen LogP) is -3.17. The molecule has 0 aromatic heterocycles. The zero-order valence-electron chi connectivity index (χ0n) is 5.02. The third kappa shape index (κ3) is 4.76. The lowest BCUT2D eigenvalue weighted by molar-refractivity contribution is -0.355. The number of quaternary nitrogens is 1. The van der Waals surface area contributed by atoms with Gasteiger partial charge in [0.15, 0.2) is 6.54 Å². The third-order valence-electron chi connectivity index (χ3n) is 0.687. The Morgan fingerprint density at radius 2 is 2.11 bits per heavy atom. The summed E-state index contributed by atoms with van der Waals surface area (Å²) in [5.74, 6) is -0.814. The second-order valence-corrected chi connectivity index (χ2v) is 1.49. The van der Waals surface area contributed by atoms with Gasteiger partial charge in [0.05, 0.1) is 6.54 Å². The van der Waals surface area contributed by atoms with E-state index in [1.54, 1.807) is 0 Å². The van der Waals surface area contributed by atoms with Crippen LogP contribution in [0.15, 0.2) is 0 Å². The van der Waals surface area contributed by atoms with Gasteiger partial charge in [0.25, 0.3) is 5.91 Å². The molecule has 0 aliphatic heterocycles. The first-order valence-electron chi connectivity index (χ1n) is 2.51. The highest BCUT2D eigenvalue weighted by Crippen LogP contribution is 1.56. The summed E-state index contributed by atoms with van der Waals surface area (Å²) in [6.07, 6.45) is 0. The van der Waals surface area contributed by atoms with Crippen molar-refractivity contribution in [2.45, 2.75) is 0 Å². The molecule has 0 atom stereocenters. The van der Waals surface area contributed by atoms with Crippen LogP contribution in [0.1, 0.15) is 0 Å². The van der Waals surface area contributed by atoms with Gasteiger partial charge in [-0.25, -0.2) is 0 Å². The molecule has 0 saturated heterocycles. The molecule has 6 N–H and O–H groups in total. The molecular weight excluding hydrogens is 122 g/mol. The summed E-state index contributed by atoms with van der Waals surface area (Å²) in [7, 11) is 0. The van der Waals surface area contributed by atoms with Crippen LogP contribution in [0.3, 0.4) is 0 Å². The third-order valence-corrected chi connectivity index (χ3v) is 0.687. The van der Waals surface area contributed by atoms with E-state index in [9.17, 15) is 9.59 Å². The number of nitrogens with one attached hydrogen (secondary N) is 1. The van der Waals surface area contributed by atoms with E-state index < -0.39 is 5.91 Å². The summed E-state index contributed by atoms with van der Waals surface area (Å²) in [5.41, 5.74) is 8.02. The van der Waals surface area contributed by atoms with Crippen molar-refractivity contribution >= 4 is 11.8 Å². The number of hydrogen-bond acceptors (Lipinski definition) is 2. The minimum absolute atomic E-state index is 0.103. The SMILES string of the molecule is NC(=O)CNC(=O)C[NH3+]. The smallest absolute Gasteiger partial charge is 0.275 e. The van der Waals surface area contributed by atoms with E-state index in [1.807, 2.05) is 0 Å². The van der Waals surface area contributed by atoms with Crippen molar-refractivity contribution in [1.82, 2.24) is 5.32 Å². The molecule has 9 heavy (non-hydrogen) atoms. The molecule has 0 bridgehead atoms. The zero-order valence-corrected chi connectivity index (χ0v) is 5.02. The number of primary amides is 1. The number of carbonyl (C=O) groups excluding carboxylic acids is 2. The van der Waals surface area contributed by atoms with Gasteiger partial charge in [-0.05, 0) is 0 Å². The van der Waals surface area contributed by atoms with Crippen molar-refractivity contribution in [1.29, 1.82) is 0 Å². The van der Waals surface area contributed by atoms with Crippen LogP contribution < -0.4 is 16.8 Å². The molecule has 0 radical (unpaired) electrons. The van der Waals surface area contributed by atoms with E-state index in [4.69, 9.17) is 5.73 Å². The highest BCUT2D eigenvalue weighted by molar-refractivity contribution is 5.83. The van der Waals surface area contributed by atoms with Gasteiger partial charge >= 0.3 is 0 Å². The van der Waals surface area contributed by atoms with Crippen LogP contribution in [0, 0.1) is 0 Å². The minimum atomic E-state index is -0.545. The van der Waals surface area contributed by atoms with Crippen molar-refractivity contribution in [3.8, 4) is 0 Å². The van der Waals surface area contributed by atoms with Gasteiger partial charge in [-0.1, -0.05) is 0 Å². The molecule has 2 amide bonds. The highest BCUT2D eigenvalue weighted by Gasteiger charge is 1.99. The standard InChI is InChI=1S/C4H9N3O2/c5-1-4(9)7-2-3(6)8/h1-2,5H2,(H2,6,8)(H,7,9)/p+1. The molecule has 0 aliphatic rings. The van der Waals surface area contributed by atoms with Crippen LogP contribution in [-0.4, -0.2) is 24.9 Å². The normalized spacial score (nSPS) is 8.56. The molecule has 5 heteroatoms. The highest BCUT2D eigenvalue weighted by atomic mass is 16.2. The average molecular weight is 132 g/mol. The zero-order chi connectivity index (χ0) is 7.28. The van der Waals surface area contributed by atoms with Crippen LogP contribution >= 0.6 is 0 Å². The molecule has 0 saturated carbocycles. The van der Waals surface area contributed by atoms with Crippen LogP contribution in [0.2, 0.25) is 0 Å². The number of nitrogens with two attached hydrogens (primary N) is 1. The van der Waals surface area contributed by atoms with Crippen molar-refractivity contribution in [3.63, 3.8) is 0 Å². The van der Waals surface area contributed by atoms with Crippen molar-refractivity contribution in [2.24, 2.45) is 5.73 Å². The van der Waals surface area contributed by atoms with Gasteiger partial charge in [0, 0.05) is 0 Å². The Hall–Kier alpha value is -1.10. The lowest BCUT2D eigenvalue weighted by atomic mass is 10.5. The molecule has 0 spiro atoms. The lowest BCUT2D eigenvalue weighted by Crippen LogP contribution is -2.57. The fourth-order valence-electron chi connectivity index (χ4n) is 0.274. The van der Waals surface area contributed by atoms with Gasteiger partial charge in [0.1, 0.15) is 0 Å². The van der Waals surface area contributed by atoms with Gasteiger partial charge in [0.2, 0.25) is 5.91 Å². The van der Waals surface area contributed by atoms with E-state index >= 15 is 0 Å². The summed E-state index contributed by atoms with van der Waals surface area (Å²) >= 11 is 0. The van der Waals surface area contributed by atoms with E-state index in [2.05, 4.69) is 11.1 Å². The van der Waals surface area contributed by atoms with Crippen LogP contribution in [0.5, 0.6) is 0 Å². The Kier molecular flexibility index (Phi) is 3.38. The summed E-state index contributed by atoms with van der Waals surface area (Å²) in [6, 6.07) is 0. The average Bonchev–Trinajstić information content (AvgIpc) is 1.83. The first-order chi connectivity index (χ1) is 4.16. The summed E-state index contributed by atoms with van der Waals surface area (Å²) in [4.78, 5) is 20.3. The Bertz CT molecular complexity index is 123. The van der Waals surface area contributed by atoms with Crippen molar-refractivity contribution in [3.05, 3.63) is 0 Å². The van der Waals surface area contributed by atoms with Crippen LogP contribution in [0.4, 0.5) is 0 Å². The van der Waals surface area contributed by atoms with Gasteiger partial charge in [-0.15, -0.1) is 0 Å². The maximum atomic E-state index is 10.3. The maximum Gasteiger partial charge on any atom is 0.275 e. The largest absolute Gasteiger partial charge is 0.368 e. The molecule has 0 unspecified atom stereocenters. The van der Waals surface area contributed by atoms with Gasteiger partial charge in [-0.3, -0.25) is 9.59 Å². The summed E-state index contributed by atoms with van der Waals surface area (Å²) < 4.78 is 0. The number of carbonyl (C=O) groups is 2. The molecule has 0 aromatic rings. The second kappa shape index (κ2) is 3.85. The van der Waals surface area contributed by atoms with Gasteiger partial charge in [-0.2, -0.15) is 0 Å². The molecule has 5 nitrogen and oxygen atoms in total. The Labute approximate surface area is 52.4 Å². The Balaban J connectivity index is 3.28. The van der Waals surface area contributed by atoms with Gasteiger partial charge < -0.3 is 16.8 Å². The molecule has 0 aliphatic carbocycles. The molecule has 52 valence electrons. The fraction of sp³-hybridized carbons (Fsp3) is 0.500. The predicted molar refractivity (Wildman–Crippen MR) is 30.0 cm³/mol. The molecule has 0 fully saturated rings. The first kappa shape index (κ1) is 7.90. The number of rotatable bonds is 3. The van der Waals surface area contributed by atoms with Crippen LogP contribution in [0.25, 0.3) is 0 Å². The summed E-state index contributed by atoms with van der Waals surface area (Å²) in [5, 5.41) is 2.26. The lowest BCUT2D eigenvalue weighted by Gasteiger charge is -1.95. The minimum Gasteiger partial charge on any atom is -0.368 e. The molecular formula is C4H10N3O2+. The van der Waals surface area contributed by atoms with E-state index in [0.717, 1.165) is 0 Å². The van der Waals surface area contributed by atoms with Crippen molar-refractivity contribution < 1.29 is 15.3 Å². The maximum absolute atomic E-state index is 10.3. The monoisotopic (exact) mass is 132 g/mol. The fourth-order valence-corrected chi connectivity index (χ4v) is 0.274. The summed E-state index contributed by atoms with van der Waals surface area (Å²) in [6.45, 7) is 0.0294. The molecule has 0 rings (SSSR count). The molecule has 0 heterocycles. The topological polar surface area (TPSA) is 99.8 Å². The van der Waals surface area contributed by atoms with E-state index in [1.165, 1.54) is 0 Å². The second-order valence-electron chi connectivity index (χ2n) is 1.49. The van der Waals surface area contributed by atoms with E-state index in [0.29, 0.717) is 0 Å². The van der Waals surface area contributed by atoms with Crippen LogP contribution in [-0.2, 0) is 9.59 Å². The molecule has 0 aromatic carbocycles. The Morgan fingerprint density at radius 3 is 2.44 bits per heavy atom. The Morgan fingerprint density at radius 1 is 1.56 bits per heavy atom. The number of hydrogen-bond donors (Lipinski definition) is 3. The number of amides is 2. The van der Waals surface area contributed by atoms with E-state index in [-0.39, 0.29) is 19.0 Å².